The maximum Gasteiger partial charge on any atom is 0.00733 e. The molecule has 4 bridgehead atoms. The lowest BCUT2D eigenvalue weighted by molar-refractivity contribution is 0.197. The van der Waals surface area contributed by atoms with Crippen LogP contribution in [-0.2, 0) is 0 Å². The maximum absolute atomic E-state index is 3.77. The van der Waals surface area contributed by atoms with Crippen LogP contribution in [0, 0.1) is 11.8 Å². The Morgan fingerprint density at radius 3 is 1.30 bits per heavy atom. The molecule has 2 N–H and O–H groups in total. The van der Waals surface area contributed by atoms with Gasteiger partial charge in [-0.3, -0.25) is 0 Å². The van der Waals surface area contributed by atoms with E-state index in [0.29, 0.717) is 0 Å². The largest absolute Gasteiger partial charge is 0.311 e. The molecular weight excluding hydrogens is 356 g/mol. The zero-order valence-electron chi connectivity index (χ0n) is 17.7. The fourth-order valence-corrected chi connectivity index (χ4v) is 6.48. The van der Waals surface area contributed by atoms with Crippen molar-refractivity contribution in [1.82, 2.24) is 20.4 Å². The first kappa shape index (κ1) is 21.8. The molecule has 0 aromatic rings. The third-order valence-electron chi connectivity index (χ3n) is 7.61. The second kappa shape index (κ2) is 10.2. The van der Waals surface area contributed by atoms with E-state index in [0.717, 1.165) is 36.0 Å². The number of unbranched alkanes of at least 4 members (excludes halogenated alkanes) is 1. The van der Waals surface area contributed by atoms with Crippen molar-refractivity contribution in [2.75, 3.05) is 40.3 Å². The standard InChI is InChI=1S/C22H42N4.ClH/c1-25(15-17-11-19-5-6-20(12-17)23-19)9-3-4-10-26(2)16-18-13-21-7-8-22(14-18)24-21;/h17-24H,3-16H2,1-2H3;1H. The van der Waals surface area contributed by atoms with Gasteiger partial charge in [0.2, 0.25) is 0 Å². The van der Waals surface area contributed by atoms with Gasteiger partial charge in [-0.25, -0.2) is 0 Å². The van der Waals surface area contributed by atoms with E-state index >= 15 is 0 Å². The summed E-state index contributed by atoms with van der Waals surface area (Å²) in [5.74, 6) is 1.88. The lowest BCUT2D eigenvalue weighted by Crippen LogP contribution is -2.42. The highest BCUT2D eigenvalue weighted by molar-refractivity contribution is 5.85. The van der Waals surface area contributed by atoms with E-state index in [-0.39, 0.29) is 12.4 Å². The average molecular weight is 399 g/mol. The molecule has 0 aromatic carbocycles. The molecular formula is C22H43ClN4. The van der Waals surface area contributed by atoms with Crippen molar-refractivity contribution in [3.05, 3.63) is 0 Å². The zero-order chi connectivity index (χ0) is 17.9. The van der Waals surface area contributed by atoms with Crippen LogP contribution in [0.1, 0.15) is 64.2 Å². The van der Waals surface area contributed by atoms with Gasteiger partial charge >= 0.3 is 0 Å². The third kappa shape index (κ3) is 6.30. The molecule has 4 nitrogen and oxygen atoms in total. The summed E-state index contributed by atoms with van der Waals surface area (Å²) in [5, 5.41) is 7.55. The van der Waals surface area contributed by atoms with Crippen LogP contribution in [0.25, 0.3) is 0 Å². The Hall–Kier alpha value is 0.130. The second-order valence-corrected chi connectivity index (χ2v) is 10.2. The third-order valence-corrected chi connectivity index (χ3v) is 7.61. The zero-order valence-corrected chi connectivity index (χ0v) is 18.5. The molecule has 0 aromatic heterocycles. The van der Waals surface area contributed by atoms with Crippen LogP contribution < -0.4 is 10.6 Å². The predicted octanol–water partition coefficient (Wildman–Crippen LogP) is 3.11. The Kier molecular flexibility index (Phi) is 8.28. The van der Waals surface area contributed by atoms with E-state index in [4.69, 9.17) is 0 Å². The number of fused-ring (bicyclic) bond motifs is 4. The van der Waals surface area contributed by atoms with Gasteiger partial charge in [0.25, 0.3) is 0 Å². The van der Waals surface area contributed by atoms with Crippen LogP contribution in [0.2, 0.25) is 0 Å². The van der Waals surface area contributed by atoms with Crippen LogP contribution >= 0.6 is 12.4 Å². The first-order valence-electron chi connectivity index (χ1n) is 11.5. The molecule has 4 rings (SSSR count). The number of halogens is 1. The summed E-state index contributed by atoms with van der Waals surface area (Å²) >= 11 is 0. The molecule has 158 valence electrons. The lowest BCUT2D eigenvalue weighted by atomic mass is 9.92. The Balaban J connectivity index is 0.00000210. The number of rotatable bonds is 9. The minimum Gasteiger partial charge on any atom is -0.311 e. The summed E-state index contributed by atoms with van der Waals surface area (Å²) < 4.78 is 0. The molecule has 0 spiro atoms. The average Bonchev–Trinajstić information content (AvgIpc) is 3.12. The van der Waals surface area contributed by atoms with Crippen LogP contribution in [0.4, 0.5) is 0 Å². The molecule has 27 heavy (non-hydrogen) atoms. The summed E-state index contributed by atoms with van der Waals surface area (Å²) in [4.78, 5) is 5.22. The van der Waals surface area contributed by atoms with Gasteiger partial charge in [0, 0.05) is 37.3 Å². The fourth-order valence-electron chi connectivity index (χ4n) is 6.48. The Labute approximate surface area is 173 Å². The molecule has 4 saturated heterocycles. The van der Waals surface area contributed by atoms with E-state index in [1.165, 1.54) is 90.4 Å². The van der Waals surface area contributed by atoms with Crippen LogP contribution in [0.15, 0.2) is 0 Å². The normalized spacial score (nSPS) is 37.8. The van der Waals surface area contributed by atoms with Crippen molar-refractivity contribution in [2.45, 2.75) is 88.4 Å². The van der Waals surface area contributed by atoms with Gasteiger partial charge in [-0.15, -0.1) is 12.4 Å². The highest BCUT2D eigenvalue weighted by Gasteiger charge is 2.34. The highest BCUT2D eigenvalue weighted by atomic mass is 35.5. The fraction of sp³-hybridized carbons (Fsp3) is 1.00. The smallest absolute Gasteiger partial charge is 0.00733 e. The van der Waals surface area contributed by atoms with Crippen molar-refractivity contribution in [1.29, 1.82) is 0 Å². The Morgan fingerprint density at radius 1 is 0.630 bits per heavy atom. The molecule has 5 heteroatoms. The van der Waals surface area contributed by atoms with Gasteiger partial charge in [-0.2, -0.15) is 0 Å². The monoisotopic (exact) mass is 398 g/mol. The molecule has 0 radical (unpaired) electrons. The van der Waals surface area contributed by atoms with Gasteiger partial charge in [0.05, 0.1) is 0 Å². The maximum atomic E-state index is 3.77. The van der Waals surface area contributed by atoms with Gasteiger partial charge in [0.15, 0.2) is 0 Å². The van der Waals surface area contributed by atoms with E-state index in [1.54, 1.807) is 0 Å². The van der Waals surface area contributed by atoms with E-state index < -0.39 is 0 Å². The lowest BCUT2D eigenvalue weighted by Gasteiger charge is -2.32. The van der Waals surface area contributed by atoms with Gasteiger partial charge in [0.1, 0.15) is 0 Å². The van der Waals surface area contributed by atoms with Crippen molar-refractivity contribution in [3.63, 3.8) is 0 Å². The van der Waals surface area contributed by atoms with Crippen molar-refractivity contribution >= 4 is 12.4 Å². The first-order chi connectivity index (χ1) is 12.6. The number of hydrogen-bond donors (Lipinski definition) is 2. The molecule has 4 aliphatic rings. The van der Waals surface area contributed by atoms with Gasteiger partial charge in [-0.1, -0.05) is 0 Å². The van der Waals surface area contributed by atoms with E-state index in [2.05, 4.69) is 34.5 Å². The summed E-state index contributed by atoms with van der Waals surface area (Å²) in [7, 11) is 4.69. The molecule has 4 fully saturated rings. The van der Waals surface area contributed by atoms with E-state index in [1.807, 2.05) is 0 Å². The predicted molar refractivity (Wildman–Crippen MR) is 117 cm³/mol. The molecule has 4 aliphatic heterocycles. The van der Waals surface area contributed by atoms with Gasteiger partial charge in [-0.05, 0) is 103 Å². The minimum absolute atomic E-state index is 0. The molecule has 4 atom stereocenters. The minimum atomic E-state index is 0. The topological polar surface area (TPSA) is 30.5 Å². The van der Waals surface area contributed by atoms with Crippen LogP contribution in [0.5, 0.6) is 0 Å². The second-order valence-electron chi connectivity index (χ2n) is 10.2. The quantitative estimate of drug-likeness (QED) is 0.584. The van der Waals surface area contributed by atoms with Crippen LogP contribution in [0.3, 0.4) is 0 Å². The number of hydrogen-bond acceptors (Lipinski definition) is 4. The number of nitrogens with one attached hydrogen (secondary N) is 2. The summed E-state index contributed by atoms with van der Waals surface area (Å²) in [5.41, 5.74) is 0. The van der Waals surface area contributed by atoms with Crippen molar-refractivity contribution in [3.8, 4) is 0 Å². The van der Waals surface area contributed by atoms with E-state index in [9.17, 15) is 0 Å². The molecule has 0 saturated carbocycles. The molecule has 4 heterocycles. The first-order valence-corrected chi connectivity index (χ1v) is 11.5. The Bertz CT molecular complexity index is 384. The van der Waals surface area contributed by atoms with Crippen molar-refractivity contribution < 1.29 is 0 Å². The molecule has 4 unspecified atom stereocenters. The highest BCUT2D eigenvalue weighted by Crippen LogP contribution is 2.32. The van der Waals surface area contributed by atoms with Crippen LogP contribution in [-0.4, -0.2) is 74.2 Å². The Morgan fingerprint density at radius 2 is 0.963 bits per heavy atom. The number of nitrogens with zero attached hydrogens (tertiary/aromatic N) is 2. The molecule has 0 amide bonds. The SMILES string of the molecule is CN(CCCCN(C)CC1CC2CCC(C1)N2)CC1CC2CCC(C1)N2.Cl. The van der Waals surface area contributed by atoms with Crippen molar-refractivity contribution in [2.24, 2.45) is 11.8 Å². The number of piperidine rings is 2. The summed E-state index contributed by atoms with van der Waals surface area (Å²) in [6.07, 6.45) is 14.1. The summed E-state index contributed by atoms with van der Waals surface area (Å²) in [6.45, 7) is 5.21. The summed E-state index contributed by atoms with van der Waals surface area (Å²) in [6, 6.07) is 3.36. The van der Waals surface area contributed by atoms with Gasteiger partial charge < -0.3 is 20.4 Å². The molecule has 0 aliphatic carbocycles.